The molecule has 29 heavy (non-hydrogen) atoms. The first kappa shape index (κ1) is 20.4. The highest BCUT2D eigenvalue weighted by Crippen LogP contribution is 2.35. The topological polar surface area (TPSA) is 90.2 Å². The molecule has 1 aromatic heterocycles. The van der Waals surface area contributed by atoms with Gasteiger partial charge in [0.05, 0.1) is 18.1 Å². The van der Waals surface area contributed by atoms with Crippen LogP contribution in [0.1, 0.15) is 30.6 Å². The van der Waals surface area contributed by atoms with E-state index >= 15 is 0 Å². The van der Waals surface area contributed by atoms with Crippen LogP contribution in [0.2, 0.25) is 5.02 Å². The van der Waals surface area contributed by atoms with Crippen molar-refractivity contribution >= 4 is 23.3 Å². The molecule has 0 radical (unpaired) electrons. The Hall–Kier alpha value is -3.31. The first-order chi connectivity index (χ1) is 13.9. The molecule has 1 aliphatic heterocycles. The van der Waals surface area contributed by atoms with Crippen molar-refractivity contribution in [3.05, 3.63) is 75.7 Å². The maximum atomic E-state index is 14.2. The van der Waals surface area contributed by atoms with E-state index in [0.29, 0.717) is 11.3 Å². The quantitative estimate of drug-likeness (QED) is 0.732. The minimum absolute atomic E-state index is 0.0148. The Morgan fingerprint density at radius 3 is 2.86 bits per heavy atom. The van der Waals surface area contributed by atoms with Gasteiger partial charge in [-0.25, -0.2) is 13.8 Å². The zero-order valence-electron chi connectivity index (χ0n) is 15.3. The number of carbonyl (C=O) groups excluding carboxylic acids is 1. The van der Waals surface area contributed by atoms with Gasteiger partial charge in [0.25, 0.3) is 5.91 Å². The normalized spacial score (nSPS) is 16.0. The van der Waals surface area contributed by atoms with Gasteiger partial charge in [-0.05, 0) is 31.2 Å². The van der Waals surface area contributed by atoms with Crippen LogP contribution in [-0.2, 0) is 4.79 Å². The summed E-state index contributed by atoms with van der Waals surface area (Å²) in [5.41, 5.74) is 1.02. The minimum Gasteiger partial charge on any atom is -0.351 e. The number of rotatable bonds is 5. The fourth-order valence-corrected chi connectivity index (χ4v) is 3.20. The number of nitrogens with zero attached hydrogens (tertiary/aromatic N) is 3. The van der Waals surface area contributed by atoms with E-state index in [1.54, 1.807) is 6.92 Å². The number of nitrogens with one attached hydrogen (secondary N) is 2. The molecule has 9 heteroatoms. The van der Waals surface area contributed by atoms with Crippen molar-refractivity contribution in [3.8, 4) is 6.07 Å². The predicted molar refractivity (Wildman–Crippen MR) is 104 cm³/mol. The molecule has 0 spiro atoms. The van der Waals surface area contributed by atoms with E-state index in [9.17, 15) is 13.6 Å². The average Bonchev–Trinajstić information content (AvgIpc) is 2.68. The van der Waals surface area contributed by atoms with E-state index < -0.39 is 23.6 Å². The number of amidine groups is 1. The van der Waals surface area contributed by atoms with Crippen molar-refractivity contribution in [2.24, 2.45) is 4.99 Å². The molecular weight excluding hydrogens is 400 g/mol. The van der Waals surface area contributed by atoms with Gasteiger partial charge < -0.3 is 10.6 Å². The van der Waals surface area contributed by atoms with Gasteiger partial charge in [0.1, 0.15) is 17.6 Å². The van der Waals surface area contributed by atoms with Crippen LogP contribution < -0.4 is 10.6 Å². The van der Waals surface area contributed by atoms with E-state index in [1.807, 2.05) is 6.07 Å². The first-order valence-electron chi connectivity index (χ1n) is 8.69. The second-order valence-corrected chi connectivity index (χ2v) is 6.61. The van der Waals surface area contributed by atoms with Gasteiger partial charge in [-0.2, -0.15) is 5.26 Å². The molecular formula is C20H16ClF2N5O. The fourth-order valence-electron chi connectivity index (χ4n) is 2.93. The Labute approximate surface area is 170 Å². The molecule has 0 fully saturated rings. The van der Waals surface area contributed by atoms with E-state index in [0.717, 1.165) is 6.07 Å². The molecule has 0 saturated heterocycles. The van der Waals surface area contributed by atoms with Gasteiger partial charge in [-0.3, -0.25) is 9.79 Å². The molecule has 1 unspecified atom stereocenters. The Bertz CT molecular complexity index is 1060. The van der Waals surface area contributed by atoms with Gasteiger partial charge in [0.15, 0.2) is 11.7 Å². The van der Waals surface area contributed by atoms with Crippen LogP contribution in [0.4, 0.5) is 8.78 Å². The number of aromatic nitrogens is 1. The highest BCUT2D eigenvalue weighted by molar-refractivity contribution is 6.31. The lowest BCUT2D eigenvalue weighted by molar-refractivity contribution is -0.117. The fraction of sp³-hybridized carbons (Fsp3) is 0.200. The van der Waals surface area contributed by atoms with Gasteiger partial charge in [-0.15, -0.1) is 0 Å². The minimum atomic E-state index is -0.914. The van der Waals surface area contributed by atoms with Crippen molar-refractivity contribution in [1.82, 2.24) is 15.6 Å². The first-order valence-corrected chi connectivity index (χ1v) is 9.06. The van der Waals surface area contributed by atoms with Gasteiger partial charge in [-0.1, -0.05) is 17.7 Å². The van der Waals surface area contributed by atoms with Crippen LogP contribution in [0.15, 0.2) is 52.8 Å². The molecule has 1 atom stereocenters. The number of allylic oxidation sites excluding steroid dienone is 1. The highest BCUT2D eigenvalue weighted by atomic mass is 35.5. The summed E-state index contributed by atoms with van der Waals surface area (Å²) in [6.07, 6.45) is 1.56. The molecule has 2 N–H and O–H groups in total. The van der Waals surface area contributed by atoms with Crippen LogP contribution in [-0.4, -0.2) is 23.3 Å². The second-order valence-electron chi connectivity index (χ2n) is 6.21. The van der Waals surface area contributed by atoms with E-state index in [4.69, 9.17) is 16.9 Å². The van der Waals surface area contributed by atoms with E-state index in [2.05, 4.69) is 20.6 Å². The molecule has 1 aliphatic rings. The van der Waals surface area contributed by atoms with Gasteiger partial charge >= 0.3 is 0 Å². The number of pyridine rings is 1. The number of hydrogen-bond donors (Lipinski definition) is 2. The van der Waals surface area contributed by atoms with Crippen LogP contribution in [0, 0.1) is 23.0 Å². The summed E-state index contributed by atoms with van der Waals surface area (Å²) in [6.45, 7) is 1.79. The molecule has 2 aromatic rings. The predicted octanol–water partition coefficient (Wildman–Crippen LogP) is 3.41. The Balaban J connectivity index is 2.08. The molecule has 1 aromatic carbocycles. The number of benzene rings is 1. The van der Waals surface area contributed by atoms with E-state index in [1.165, 1.54) is 30.5 Å². The Morgan fingerprint density at radius 1 is 1.38 bits per heavy atom. The van der Waals surface area contributed by atoms with Crippen molar-refractivity contribution in [2.75, 3.05) is 6.54 Å². The summed E-state index contributed by atoms with van der Waals surface area (Å²) in [6, 6.07) is 7.49. The lowest BCUT2D eigenvalue weighted by atomic mass is 9.95. The molecule has 1 amide bonds. The van der Waals surface area contributed by atoms with Crippen molar-refractivity contribution < 1.29 is 13.6 Å². The summed E-state index contributed by atoms with van der Waals surface area (Å²) >= 11 is 6.22. The number of hydrogen-bond acceptors (Lipinski definition) is 5. The largest absolute Gasteiger partial charge is 0.351 e. The maximum absolute atomic E-state index is 14.2. The summed E-state index contributed by atoms with van der Waals surface area (Å²) in [7, 11) is 0. The number of halogens is 3. The van der Waals surface area contributed by atoms with Crippen molar-refractivity contribution in [2.45, 2.75) is 19.4 Å². The Kier molecular flexibility index (Phi) is 6.20. The third kappa shape index (κ3) is 4.41. The van der Waals surface area contributed by atoms with E-state index in [-0.39, 0.29) is 35.1 Å². The van der Waals surface area contributed by atoms with Gasteiger partial charge in [0.2, 0.25) is 0 Å². The van der Waals surface area contributed by atoms with Crippen LogP contribution in [0.5, 0.6) is 0 Å². The Morgan fingerprint density at radius 2 is 2.17 bits per heavy atom. The second kappa shape index (κ2) is 8.80. The zero-order chi connectivity index (χ0) is 21.0. The third-order valence-corrected chi connectivity index (χ3v) is 4.58. The SMILES string of the molecule is CC1=C(C(=O)NCCC#N)C(c2ccc(F)cc2Cl)N=C(c2ncccc2F)N1. The van der Waals surface area contributed by atoms with Crippen molar-refractivity contribution in [3.63, 3.8) is 0 Å². The molecule has 3 rings (SSSR count). The lowest BCUT2D eigenvalue weighted by Gasteiger charge is -2.27. The summed E-state index contributed by atoms with van der Waals surface area (Å²) < 4.78 is 27.8. The average molecular weight is 416 g/mol. The number of amides is 1. The van der Waals surface area contributed by atoms with Crippen LogP contribution in [0.25, 0.3) is 0 Å². The van der Waals surface area contributed by atoms with Crippen molar-refractivity contribution in [1.29, 1.82) is 5.26 Å². The van der Waals surface area contributed by atoms with Crippen LogP contribution in [0.3, 0.4) is 0 Å². The molecule has 2 heterocycles. The summed E-state index contributed by atoms with van der Waals surface area (Å²) in [5.74, 6) is -1.45. The zero-order valence-corrected chi connectivity index (χ0v) is 16.1. The highest BCUT2D eigenvalue weighted by Gasteiger charge is 2.31. The number of carbonyl (C=O) groups is 1. The van der Waals surface area contributed by atoms with Crippen LogP contribution >= 0.6 is 11.6 Å². The van der Waals surface area contributed by atoms with Gasteiger partial charge in [0, 0.05) is 29.0 Å². The molecule has 0 aliphatic carbocycles. The third-order valence-electron chi connectivity index (χ3n) is 4.25. The smallest absolute Gasteiger partial charge is 0.251 e. The lowest BCUT2D eigenvalue weighted by Crippen LogP contribution is -2.37. The molecule has 148 valence electrons. The molecule has 0 saturated carbocycles. The summed E-state index contributed by atoms with van der Waals surface area (Å²) in [5, 5.41) is 14.3. The summed E-state index contributed by atoms with van der Waals surface area (Å²) in [4.78, 5) is 21.2. The molecule has 0 bridgehead atoms. The number of aliphatic imine (C=N–C) groups is 1. The standard InChI is InChI=1S/C20H16ClF2N5O/c1-11-16(20(29)26-9-3-7-24)17(13-6-5-12(22)10-14(13)21)28-19(27-11)18-15(23)4-2-8-25-18/h2,4-6,8,10,17H,3,9H2,1H3,(H,26,29)(H,27,28). The monoisotopic (exact) mass is 415 g/mol. The number of nitriles is 1. The maximum Gasteiger partial charge on any atom is 0.251 e. The molecule has 6 nitrogen and oxygen atoms in total.